The molecule has 1 heterocycles. The Hall–Kier alpha value is -2.22. The summed E-state index contributed by atoms with van der Waals surface area (Å²) in [4.78, 5) is 15.4. The molecule has 2 rings (SSSR count). The number of carboxylic acid groups (broad SMARTS) is 1. The summed E-state index contributed by atoms with van der Waals surface area (Å²) in [6.45, 7) is 3.24. The normalized spacial score (nSPS) is 12.0. The van der Waals surface area contributed by atoms with Crippen molar-refractivity contribution in [2.45, 2.75) is 26.0 Å². The number of aliphatic carboxylic acids is 1. The van der Waals surface area contributed by atoms with E-state index in [4.69, 9.17) is 26.9 Å². The largest absolute Gasteiger partial charge is 0.479 e. The van der Waals surface area contributed by atoms with Gasteiger partial charge in [0.1, 0.15) is 0 Å². The van der Waals surface area contributed by atoms with Crippen molar-refractivity contribution in [3.05, 3.63) is 57.5 Å². The standard InChI is InChI=1S/C18H20ClN3O3S/c1-18(2,17(23)24)25-9-13(20)7-15(16-10-26-11-22-16)21-8-12-5-3-4-6-14(12)19/h3-7,10-11,20-21H,8-9H2,1-2H3,(H,23,24)/b15-7-,20-13?. The Bertz CT molecular complexity index is 804. The van der Waals surface area contributed by atoms with E-state index >= 15 is 0 Å². The molecule has 6 nitrogen and oxygen atoms in total. The van der Waals surface area contributed by atoms with Gasteiger partial charge in [-0.25, -0.2) is 9.78 Å². The molecule has 0 radical (unpaired) electrons. The second kappa shape index (κ2) is 8.93. The SMILES string of the molecule is CC(C)(OCC(=N)/C=C(\NCc1ccccc1Cl)c1cscn1)C(=O)O. The van der Waals surface area contributed by atoms with Gasteiger partial charge in [-0.2, -0.15) is 0 Å². The Labute approximate surface area is 161 Å². The van der Waals surface area contributed by atoms with E-state index < -0.39 is 11.6 Å². The molecule has 0 spiro atoms. The highest BCUT2D eigenvalue weighted by Gasteiger charge is 2.28. The van der Waals surface area contributed by atoms with Crippen LogP contribution in [0.3, 0.4) is 0 Å². The fourth-order valence-electron chi connectivity index (χ4n) is 1.93. The van der Waals surface area contributed by atoms with Crippen molar-refractivity contribution in [1.82, 2.24) is 10.3 Å². The van der Waals surface area contributed by atoms with Crippen LogP contribution in [0, 0.1) is 5.41 Å². The summed E-state index contributed by atoms with van der Waals surface area (Å²) in [6.07, 6.45) is 1.59. The van der Waals surface area contributed by atoms with Crippen molar-refractivity contribution in [2.75, 3.05) is 6.61 Å². The number of thiazole rings is 1. The van der Waals surface area contributed by atoms with Crippen molar-refractivity contribution in [3.63, 3.8) is 0 Å². The number of benzene rings is 1. The number of hydrogen-bond donors (Lipinski definition) is 3. The van der Waals surface area contributed by atoms with Crippen LogP contribution in [0.2, 0.25) is 5.02 Å². The average Bonchev–Trinajstić information content (AvgIpc) is 3.12. The second-order valence-electron chi connectivity index (χ2n) is 6.01. The lowest BCUT2D eigenvalue weighted by molar-refractivity contribution is -0.159. The summed E-state index contributed by atoms with van der Waals surface area (Å²) in [5.41, 5.74) is 2.75. The highest BCUT2D eigenvalue weighted by Crippen LogP contribution is 2.18. The predicted molar refractivity (Wildman–Crippen MR) is 104 cm³/mol. The predicted octanol–water partition coefficient (Wildman–Crippen LogP) is 3.83. The van der Waals surface area contributed by atoms with Crippen LogP contribution in [0.4, 0.5) is 0 Å². The van der Waals surface area contributed by atoms with Crippen LogP contribution in [0.25, 0.3) is 5.70 Å². The Morgan fingerprint density at radius 2 is 2.19 bits per heavy atom. The minimum atomic E-state index is -1.36. The van der Waals surface area contributed by atoms with Crippen molar-refractivity contribution in [2.24, 2.45) is 0 Å². The topological polar surface area (TPSA) is 95.3 Å². The number of nitrogens with one attached hydrogen (secondary N) is 2. The van der Waals surface area contributed by atoms with Gasteiger partial charge in [-0.05, 0) is 31.6 Å². The van der Waals surface area contributed by atoms with Crippen molar-refractivity contribution in [3.8, 4) is 0 Å². The quantitative estimate of drug-likeness (QED) is 0.563. The minimum absolute atomic E-state index is 0.124. The van der Waals surface area contributed by atoms with Crippen LogP contribution in [-0.4, -0.2) is 34.0 Å². The molecule has 0 atom stereocenters. The van der Waals surface area contributed by atoms with Gasteiger partial charge in [0.2, 0.25) is 0 Å². The summed E-state index contributed by atoms with van der Waals surface area (Å²) < 4.78 is 5.32. The van der Waals surface area contributed by atoms with Gasteiger partial charge in [-0.15, -0.1) is 11.3 Å². The van der Waals surface area contributed by atoms with E-state index in [9.17, 15) is 4.79 Å². The van der Waals surface area contributed by atoms with Gasteiger partial charge in [-0.3, -0.25) is 0 Å². The Kier molecular flexibility index (Phi) is 6.90. The zero-order valence-electron chi connectivity index (χ0n) is 14.5. The monoisotopic (exact) mass is 393 g/mol. The molecule has 0 unspecified atom stereocenters. The summed E-state index contributed by atoms with van der Waals surface area (Å²) in [5.74, 6) is -1.08. The Morgan fingerprint density at radius 1 is 1.46 bits per heavy atom. The van der Waals surface area contributed by atoms with Gasteiger partial charge >= 0.3 is 5.97 Å². The van der Waals surface area contributed by atoms with Gasteiger partial charge in [-0.1, -0.05) is 29.8 Å². The van der Waals surface area contributed by atoms with Crippen LogP contribution in [-0.2, 0) is 16.1 Å². The molecule has 3 N–H and O–H groups in total. The number of aromatic nitrogens is 1. The molecule has 0 saturated carbocycles. The number of ether oxygens (including phenoxy) is 1. The summed E-state index contributed by atoms with van der Waals surface area (Å²) in [5, 5.41) is 22.9. The molecular weight excluding hydrogens is 374 g/mol. The van der Waals surface area contributed by atoms with E-state index in [1.165, 1.54) is 25.2 Å². The van der Waals surface area contributed by atoms with E-state index in [1.54, 1.807) is 11.6 Å². The third kappa shape index (κ3) is 5.66. The maximum absolute atomic E-state index is 11.1. The second-order valence-corrected chi connectivity index (χ2v) is 7.13. The van der Waals surface area contributed by atoms with E-state index in [-0.39, 0.29) is 12.3 Å². The van der Waals surface area contributed by atoms with Crippen LogP contribution in [0.15, 0.2) is 41.2 Å². The van der Waals surface area contributed by atoms with E-state index in [0.717, 1.165) is 5.56 Å². The highest BCUT2D eigenvalue weighted by atomic mass is 35.5. The van der Waals surface area contributed by atoms with Crippen LogP contribution in [0.5, 0.6) is 0 Å². The first-order valence-electron chi connectivity index (χ1n) is 7.82. The van der Waals surface area contributed by atoms with Crippen molar-refractivity contribution < 1.29 is 14.6 Å². The summed E-state index contributed by atoms with van der Waals surface area (Å²) in [7, 11) is 0. The number of nitrogens with zero attached hydrogens (tertiary/aromatic N) is 1. The number of carboxylic acids is 1. The minimum Gasteiger partial charge on any atom is -0.479 e. The molecule has 0 bridgehead atoms. The zero-order valence-corrected chi connectivity index (χ0v) is 16.0. The molecule has 8 heteroatoms. The molecular formula is C18H20ClN3O3S. The van der Waals surface area contributed by atoms with Crippen molar-refractivity contribution >= 4 is 40.3 Å². The third-order valence-electron chi connectivity index (χ3n) is 3.56. The molecule has 1 aromatic carbocycles. The number of rotatable bonds is 9. The Balaban J connectivity index is 2.09. The highest BCUT2D eigenvalue weighted by molar-refractivity contribution is 7.07. The maximum atomic E-state index is 11.1. The van der Waals surface area contributed by atoms with Crippen LogP contribution in [0.1, 0.15) is 25.1 Å². The molecule has 0 aliphatic heterocycles. The van der Waals surface area contributed by atoms with E-state index in [2.05, 4.69) is 10.3 Å². The lowest BCUT2D eigenvalue weighted by Crippen LogP contribution is -2.36. The fraction of sp³-hybridized carbons (Fsp3) is 0.278. The first kappa shape index (κ1) is 20.1. The smallest absolute Gasteiger partial charge is 0.335 e. The van der Waals surface area contributed by atoms with Gasteiger partial charge in [0.15, 0.2) is 5.60 Å². The molecule has 0 saturated heterocycles. The first-order chi connectivity index (χ1) is 12.3. The van der Waals surface area contributed by atoms with Gasteiger partial charge in [0.05, 0.1) is 29.2 Å². The van der Waals surface area contributed by atoms with Gasteiger partial charge in [0.25, 0.3) is 0 Å². The molecule has 0 aliphatic carbocycles. The molecule has 138 valence electrons. The van der Waals surface area contributed by atoms with Gasteiger partial charge in [0, 0.05) is 16.9 Å². The van der Waals surface area contributed by atoms with Crippen molar-refractivity contribution in [1.29, 1.82) is 5.41 Å². The molecule has 26 heavy (non-hydrogen) atoms. The lowest BCUT2D eigenvalue weighted by atomic mass is 10.1. The van der Waals surface area contributed by atoms with Gasteiger partial charge < -0.3 is 20.6 Å². The molecule has 0 fully saturated rings. The molecule has 2 aromatic rings. The fourth-order valence-corrected chi connectivity index (χ4v) is 2.68. The summed E-state index contributed by atoms with van der Waals surface area (Å²) in [6, 6.07) is 7.49. The number of halogens is 1. The molecule has 0 aliphatic rings. The molecule has 1 aromatic heterocycles. The summed E-state index contributed by atoms with van der Waals surface area (Å²) >= 11 is 7.62. The lowest BCUT2D eigenvalue weighted by Gasteiger charge is -2.19. The zero-order chi connectivity index (χ0) is 19.2. The molecule has 0 amide bonds. The van der Waals surface area contributed by atoms with Crippen LogP contribution >= 0.6 is 22.9 Å². The van der Waals surface area contributed by atoms with Crippen LogP contribution < -0.4 is 5.32 Å². The van der Waals surface area contributed by atoms with E-state index in [1.807, 2.05) is 29.6 Å². The third-order valence-corrected chi connectivity index (χ3v) is 4.51. The maximum Gasteiger partial charge on any atom is 0.335 e. The first-order valence-corrected chi connectivity index (χ1v) is 9.14. The number of carbonyl (C=O) groups is 1. The van der Waals surface area contributed by atoms with E-state index in [0.29, 0.717) is 23.0 Å². The Morgan fingerprint density at radius 3 is 2.81 bits per heavy atom. The number of hydrogen-bond acceptors (Lipinski definition) is 6. The average molecular weight is 394 g/mol.